The lowest BCUT2D eigenvalue weighted by molar-refractivity contribution is -0.136. The molecule has 5 nitrogen and oxygen atoms in total. The summed E-state index contributed by atoms with van der Waals surface area (Å²) in [6.45, 7) is 0. The lowest BCUT2D eigenvalue weighted by Gasteiger charge is -2.05. The van der Waals surface area contributed by atoms with Crippen LogP contribution >= 0.6 is 11.8 Å². The molecule has 11 heavy (non-hydrogen) atoms. The van der Waals surface area contributed by atoms with Crippen molar-refractivity contribution in [3.8, 4) is 0 Å². The molecule has 0 aromatic carbocycles. The van der Waals surface area contributed by atoms with E-state index in [0.29, 0.717) is 5.75 Å². The Labute approximate surface area is 68.3 Å². The van der Waals surface area contributed by atoms with Crippen LogP contribution in [0.5, 0.6) is 0 Å². The van der Waals surface area contributed by atoms with Gasteiger partial charge in [0.15, 0.2) is 0 Å². The molecule has 0 aromatic heterocycles. The van der Waals surface area contributed by atoms with Crippen LogP contribution in [0.15, 0.2) is 5.16 Å². The van der Waals surface area contributed by atoms with Crippen LogP contribution in [0, 0.1) is 0 Å². The van der Waals surface area contributed by atoms with E-state index >= 15 is 0 Å². The van der Waals surface area contributed by atoms with Crippen molar-refractivity contribution in [1.82, 2.24) is 0 Å². The van der Waals surface area contributed by atoms with E-state index in [2.05, 4.69) is 5.16 Å². The van der Waals surface area contributed by atoms with Gasteiger partial charge < -0.3 is 16.0 Å². The van der Waals surface area contributed by atoms with E-state index in [0.717, 1.165) is 0 Å². The lowest BCUT2D eigenvalue weighted by Crippen LogP contribution is -2.39. The zero-order valence-electron chi connectivity index (χ0n) is 6.02. The van der Waals surface area contributed by atoms with Crippen molar-refractivity contribution < 1.29 is 15.1 Å². The number of thioether (sulfide) groups is 1. The van der Waals surface area contributed by atoms with Crippen LogP contribution in [0.25, 0.3) is 0 Å². The molecule has 0 aliphatic rings. The van der Waals surface area contributed by atoms with Gasteiger partial charge in [-0.15, -0.1) is 0 Å². The maximum atomic E-state index is 10.2. The Morgan fingerprint density at radius 2 is 2.36 bits per heavy atom. The van der Waals surface area contributed by atoms with E-state index < -0.39 is 12.0 Å². The van der Waals surface area contributed by atoms with Crippen molar-refractivity contribution in [3.63, 3.8) is 0 Å². The third kappa shape index (κ3) is 3.24. The Morgan fingerprint density at radius 1 is 1.82 bits per heavy atom. The summed E-state index contributed by atoms with van der Waals surface area (Å²) in [5.74, 6) is -0.865. The summed E-state index contributed by atoms with van der Waals surface area (Å²) in [6, 6.07) is -1.20. The van der Waals surface area contributed by atoms with Crippen molar-refractivity contribution >= 4 is 23.4 Å². The molecule has 4 N–H and O–H groups in total. The maximum absolute atomic E-state index is 10.2. The first kappa shape index (κ1) is 10.2. The third-order valence-electron chi connectivity index (χ3n) is 1.05. The van der Waals surface area contributed by atoms with Crippen LogP contribution in [0.3, 0.4) is 0 Å². The van der Waals surface area contributed by atoms with E-state index in [1.165, 1.54) is 11.8 Å². The van der Waals surface area contributed by atoms with E-state index in [4.69, 9.17) is 16.0 Å². The van der Waals surface area contributed by atoms with Gasteiger partial charge >= 0.3 is 5.97 Å². The second-order valence-corrected chi connectivity index (χ2v) is 2.71. The summed E-state index contributed by atoms with van der Waals surface area (Å²) in [7, 11) is 0. The van der Waals surface area contributed by atoms with Crippen molar-refractivity contribution in [2.45, 2.75) is 6.04 Å². The Balaban J connectivity index is 4.15. The number of carbonyl (C=O) groups is 1. The Morgan fingerprint density at radius 3 is 2.64 bits per heavy atom. The third-order valence-corrected chi connectivity index (χ3v) is 1.63. The molecule has 64 valence electrons. The Bertz CT molecular complexity index is 171. The predicted octanol–water partition coefficient (Wildman–Crippen LogP) is -0.409. The van der Waals surface area contributed by atoms with Crippen molar-refractivity contribution in [3.05, 3.63) is 0 Å². The molecule has 0 aliphatic carbocycles. The van der Waals surface area contributed by atoms with Crippen LogP contribution in [0.2, 0.25) is 0 Å². The molecule has 6 heteroatoms. The zero-order valence-corrected chi connectivity index (χ0v) is 6.84. The van der Waals surface area contributed by atoms with Crippen LogP contribution in [-0.4, -0.2) is 40.0 Å². The molecule has 0 bridgehead atoms. The number of oxime groups is 1. The molecule has 0 saturated carbocycles. The number of nitrogens with zero attached hydrogens (tertiary/aromatic N) is 1. The molecule has 0 amide bonds. The van der Waals surface area contributed by atoms with Gasteiger partial charge in [-0.25, -0.2) is 0 Å². The summed E-state index contributed by atoms with van der Waals surface area (Å²) < 4.78 is 0. The SMILES string of the molecule is CSC/C(=N\O)C(N)C(=O)O. The van der Waals surface area contributed by atoms with Gasteiger partial charge in [-0.2, -0.15) is 11.8 Å². The van der Waals surface area contributed by atoms with E-state index in [-0.39, 0.29) is 5.71 Å². The summed E-state index contributed by atoms with van der Waals surface area (Å²) in [5.41, 5.74) is 5.23. The minimum absolute atomic E-state index is 0.0741. The molecule has 0 spiro atoms. The second kappa shape index (κ2) is 4.97. The maximum Gasteiger partial charge on any atom is 0.326 e. The lowest BCUT2D eigenvalue weighted by atomic mass is 10.2. The fraction of sp³-hybridized carbons (Fsp3) is 0.600. The summed E-state index contributed by atoms with van der Waals surface area (Å²) in [4.78, 5) is 10.2. The minimum Gasteiger partial charge on any atom is -0.480 e. The normalized spacial score (nSPS) is 14.5. The van der Waals surface area contributed by atoms with Crippen LogP contribution in [0.4, 0.5) is 0 Å². The molecule has 0 saturated heterocycles. The highest BCUT2D eigenvalue weighted by Gasteiger charge is 2.18. The van der Waals surface area contributed by atoms with Gasteiger partial charge in [-0.05, 0) is 6.26 Å². The predicted molar refractivity (Wildman–Crippen MR) is 43.2 cm³/mol. The number of rotatable bonds is 4. The van der Waals surface area contributed by atoms with Gasteiger partial charge in [-0.3, -0.25) is 4.79 Å². The van der Waals surface area contributed by atoms with Gasteiger partial charge in [0.25, 0.3) is 0 Å². The molecule has 0 fully saturated rings. The number of carboxylic acids is 1. The molecular formula is C5H10N2O3S. The van der Waals surface area contributed by atoms with Gasteiger partial charge in [0.05, 0.1) is 5.71 Å². The number of aliphatic carboxylic acids is 1. The summed E-state index contributed by atoms with van der Waals surface area (Å²) in [6.07, 6.45) is 1.76. The first-order chi connectivity index (χ1) is 5.13. The van der Waals surface area contributed by atoms with Crippen LogP contribution in [-0.2, 0) is 4.79 Å². The molecule has 0 heterocycles. The van der Waals surface area contributed by atoms with Gasteiger partial charge in [0, 0.05) is 5.75 Å². The highest BCUT2D eigenvalue weighted by atomic mass is 32.2. The average Bonchev–Trinajstić information content (AvgIpc) is 1.98. The van der Waals surface area contributed by atoms with Crippen molar-refractivity contribution in [2.75, 3.05) is 12.0 Å². The molecule has 0 radical (unpaired) electrons. The monoisotopic (exact) mass is 178 g/mol. The minimum atomic E-state index is -1.20. The summed E-state index contributed by atoms with van der Waals surface area (Å²) >= 11 is 1.35. The molecule has 0 rings (SSSR count). The molecule has 1 atom stereocenters. The van der Waals surface area contributed by atoms with E-state index in [1.807, 2.05) is 0 Å². The smallest absolute Gasteiger partial charge is 0.326 e. The van der Waals surface area contributed by atoms with Crippen molar-refractivity contribution in [2.24, 2.45) is 10.9 Å². The van der Waals surface area contributed by atoms with Crippen molar-refractivity contribution in [1.29, 1.82) is 0 Å². The number of hydrogen-bond donors (Lipinski definition) is 3. The first-order valence-electron chi connectivity index (χ1n) is 2.81. The molecule has 1 unspecified atom stereocenters. The fourth-order valence-corrected chi connectivity index (χ4v) is 1.00. The first-order valence-corrected chi connectivity index (χ1v) is 4.21. The molecule has 0 aliphatic heterocycles. The fourth-order valence-electron chi connectivity index (χ4n) is 0.471. The summed E-state index contributed by atoms with van der Waals surface area (Å²) in [5, 5.41) is 19.5. The van der Waals surface area contributed by atoms with Gasteiger partial charge in [0.2, 0.25) is 0 Å². The topological polar surface area (TPSA) is 95.9 Å². The molecular weight excluding hydrogens is 168 g/mol. The highest BCUT2D eigenvalue weighted by Crippen LogP contribution is 1.96. The van der Waals surface area contributed by atoms with Crippen LogP contribution < -0.4 is 5.73 Å². The Hall–Kier alpha value is -0.750. The second-order valence-electron chi connectivity index (χ2n) is 1.84. The van der Waals surface area contributed by atoms with Gasteiger partial charge in [0.1, 0.15) is 6.04 Å². The number of hydrogen-bond acceptors (Lipinski definition) is 5. The zero-order chi connectivity index (χ0) is 8.85. The number of carboxylic acid groups (broad SMARTS) is 1. The average molecular weight is 178 g/mol. The largest absolute Gasteiger partial charge is 0.480 e. The highest BCUT2D eigenvalue weighted by molar-refractivity contribution is 7.99. The number of nitrogens with two attached hydrogens (primary N) is 1. The Kier molecular flexibility index (Phi) is 4.64. The molecule has 0 aromatic rings. The standard InChI is InChI=1S/C5H10N2O3S/c1-11-2-3(7-10)4(6)5(8)9/h4,10H,2,6H2,1H3,(H,8,9)/b7-3+. The van der Waals surface area contributed by atoms with E-state index in [9.17, 15) is 4.79 Å². The van der Waals surface area contributed by atoms with Gasteiger partial charge in [-0.1, -0.05) is 5.16 Å². The van der Waals surface area contributed by atoms with Crippen LogP contribution in [0.1, 0.15) is 0 Å². The quantitative estimate of drug-likeness (QED) is 0.309. The van der Waals surface area contributed by atoms with E-state index in [1.54, 1.807) is 6.26 Å².